The second kappa shape index (κ2) is 5.85. The molecule has 0 fully saturated rings. The van der Waals surface area contributed by atoms with Crippen molar-refractivity contribution in [1.29, 1.82) is 0 Å². The molecule has 0 saturated heterocycles. The van der Waals surface area contributed by atoms with Gasteiger partial charge in [0.2, 0.25) is 0 Å². The normalized spacial score (nSPS) is 13.0. The van der Waals surface area contributed by atoms with Gasteiger partial charge in [0.25, 0.3) is 0 Å². The van der Waals surface area contributed by atoms with Crippen LogP contribution >= 0.6 is 0 Å². The highest BCUT2D eigenvalue weighted by Gasteiger charge is 2.40. The summed E-state index contributed by atoms with van der Waals surface area (Å²) in [5.41, 5.74) is -0.701. The fraction of sp³-hybridized carbons (Fsp3) is 0.188. The Morgan fingerprint density at radius 1 is 0.957 bits per heavy atom. The van der Waals surface area contributed by atoms with Crippen LogP contribution in [0.15, 0.2) is 54.9 Å². The van der Waals surface area contributed by atoms with E-state index in [1.807, 2.05) is 0 Å². The number of hydrogen-bond acceptors (Lipinski definition) is 4. The van der Waals surface area contributed by atoms with Gasteiger partial charge in [-0.25, -0.2) is 8.78 Å². The van der Waals surface area contributed by atoms with Gasteiger partial charge in [-0.3, -0.25) is 0 Å². The van der Waals surface area contributed by atoms with Crippen molar-refractivity contribution in [2.24, 2.45) is 0 Å². The van der Waals surface area contributed by atoms with E-state index in [1.54, 1.807) is 6.92 Å². The van der Waals surface area contributed by atoms with Crippen molar-refractivity contribution in [3.63, 3.8) is 0 Å². The number of hydrogen-bond donors (Lipinski definition) is 1. The molecule has 1 N–H and O–H groups in total. The monoisotopic (exact) mass is 316 g/mol. The third-order valence-electron chi connectivity index (χ3n) is 3.88. The van der Waals surface area contributed by atoms with Crippen LogP contribution in [0.3, 0.4) is 0 Å². The molecule has 0 aliphatic carbocycles. The summed E-state index contributed by atoms with van der Waals surface area (Å²) < 4.78 is 26.5. The molecule has 0 saturated carbocycles. The highest BCUT2D eigenvalue weighted by molar-refractivity contribution is 5.37. The van der Waals surface area contributed by atoms with Crippen molar-refractivity contribution in [3.8, 4) is 0 Å². The molecular formula is C16H14F2N4O. The van der Waals surface area contributed by atoms with E-state index in [-0.39, 0.29) is 0 Å². The van der Waals surface area contributed by atoms with Crippen LogP contribution in [-0.4, -0.2) is 25.3 Å². The van der Waals surface area contributed by atoms with Crippen LogP contribution in [0.1, 0.15) is 24.1 Å². The first kappa shape index (κ1) is 15.2. The summed E-state index contributed by atoms with van der Waals surface area (Å²) in [6, 6.07) is 10.3. The van der Waals surface area contributed by atoms with E-state index in [2.05, 4.69) is 15.4 Å². The Morgan fingerprint density at radius 2 is 1.43 bits per heavy atom. The van der Waals surface area contributed by atoms with Gasteiger partial charge in [0, 0.05) is 0 Å². The van der Waals surface area contributed by atoms with Crippen LogP contribution in [0.25, 0.3) is 0 Å². The zero-order valence-electron chi connectivity index (χ0n) is 12.3. The second-order valence-electron chi connectivity index (χ2n) is 5.21. The van der Waals surface area contributed by atoms with Crippen LogP contribution in [0, 0.1) is 11.6 Å². The molecule has 0 bridgehead atoms. The van der Waals surface area contributed by atoms with Gasteiger partial charge in [0.05, 0.1) is 0 Å². The molecule has 5 nitrogen and oxygen atoms in total. The highest BCUT2D eigenvalue weighted by Crippen LogP contribution is 2.38. The number of tetrazole rings is 1. The molecule has 1 unspecified atom stereocenters. The van der Waals surface area contributed by atoms with Crippen molar-refractivity contribution in [3.05, 3.63) is 77.6 Å². The van der Waals surface area contributed by atoms with E-state index in [0.29, 0.717) is 11.1 Å². The summed E-state index contributed by atoms with van der Waals surface area (Å²) >= 11 is 0. The molecule has 3 aromatic rings. The van der Waals surface area contributed by atoms with Crippen LogP contribution in [0.4, 0.5) is 8.78 Å². The molecule has 2 aromatic carbocycles. The zero-order chi connectivity index (χ0) is 16.4. The summed E-state index contributed by atoms with van der Waals surface area (Å²) in [6.45, 7) is 1.70. The fourth-order valence-corrected chi connectivity index (χ4v) is 2.58. The maximum atomic E-state index is 13.2. The number of benzene rings is 2. The predicted molar refractivity (Wildman–Crippen MR) is 78.3 cm³/mol. The SMILES string of the molecule is CC(n1ncnn1)C(O)(c1ccc(F)cc1)c1ccc(F)cc1. The molecule has 118 valence electrons. The topological polar surface area (TPSA) is 63.8 Å². The van der Waals surface area contributed by atoms with Gasteiger partial charge < -0.3 is 5.11 Å². The summed E-state index contributed by atoms with van der Waals surface area (Å²) in [4.78, 5) is 1.26. The molecule has 0 aliphatic rings. The van der Waals surface area contributed by atoms with Crippen molar-refractivity contribution >= 4 is 0 Å². The molecule has 1 aromatic heterocycles. The average molecular weight is 316 g/mol. The Bertz CT molecular complexity index is 727. The van der Waals surface area contributed by atoms with Gasteiger partial charge in [0.1, 0.15) is 23.3 Å². The van der Waals surface area contributed by atoms with Gasteiger partial charge in [-0.15, -0.1) is 10.2 Å². The third kappa shape index (κ3) is 2.70. The average Bonchev–Trinajstić information content (AvgIpc) is 3.09. The van der Waals surface area contributed by atoms with Crippen LogP contribution in [-0.2, 0) is 5.60 Å². The van der Waals surface area contributed by atoms with Gasteiger partial charge in [-0.05, 0) is 47.5 Å². The first-order valence-electron chi connectivity index (χ1n) is 6.98. The summed E-state index contributed by atoms with van der Waals surface area (Å²) in [6.07, 6.45) is 1.26. The summed E-state index contributed by atoms with van der Waals surface area (Å²) in [5, 5.41) is 22.8. The van der Waals surface area contributed by atoms with Gasteiger partial charge in [-0.1, -0.05) is 24.3 Å². The fourth-order valence-electron chi connectivity index (χ4n) is 2.58. The molecule has 1 atom stereocenters. The number of aromatic nitrogens is 4. The molecule has 23 heavy (non-hydrogen) atoms. The lowest BCUT2D eigenvalue weighted by atomic mass is 9.81. The van der Waals surface area contributed by atoms with Crippen LogP contribution < -0.4 is 0 Å². The lowest BCUT2D eigenvalue weighted by molar-refractivity contribution is 0.0182. The number of halogens is 2. The Hall–Kier alpha value is -2.67. The maximum absolute atomic E-state index is 13.2. The molecule has 3 rings (SSSR count). The predicted octanol–water partition coefficient (Wildman–Crippen LogP) is 2.45. The van der Waals surface area contributed by atoms with Crippen molar-refractivity contribution in [1.82, 2.24) is 20.2 Å². The van der Waals surface area contributed by atoms with Crippen molar-refractivity contribution in [2.45, 2.75) is 18.6 Å². The van der Waals surface area contributed by atoms with Crippen LogP contribution in [0.5, 0.6) is 0 Å². The quantitative estimate of drug-likeness (QED) is 0.803. The van der Waals surface area contributed by atoms with E-state index >= 15 is 0 Å². The van der Waals surface area contributed by atoms with E-state index in [9.17, 15) is 13.9 Å². The van der Waals surface area contributed by atoms with Gasteiger partial charge in [0.15, 0.2) is 6.33 Å². The molecule has 0 aliphatic heterocycles. The Labute approximate surface area is 131 Å². The van der Waals surface area contributed by atoms with E-state index < -0.39 is 23.3 Å². The Balaban J connectivity index is 2.16. The van der Waals surface area contributed by atoms with E-state index in [0.717, 1.165) is 0 Å². The number of nitrogens with zero attached hydrogens (tertiary/aromatic N) is 4. The number of aliphatic hydroxyl groups is 1. The highest BCUT2D eigenvalue weighted by atomic mass is 19.1. The smallest absolute Gasteiger partial charge is 0.162 e. The first-order chi connectivity index (χ1) is 11.0. The molecule has 1 heterocycles. The molecular weight excluding hydrogens is 302 g/mol. The largest absolute Gasteiger partial charge is 0.378 e. The van der Waals surface area contributed by atoms with Crippen molar-refractivity contribution in [2.75, 3.05) is 0 Å². The minimum atomic E-state index is -1.58. The molecule has 0 amide bonds. The zero-order valence-corrected chi connectivity index (χ0v) is 12.3. The second-order valence-corrected chi connectivity index (χ2v) is 5.21. The lowest BCUT2D eigenvalue weighted by Crippen LogP contribution is -2.37. The molecule has 0 radical (unpaired) electrons. The Kier molecular flexibility index (Phi) is 3.87. The standard InChI is InChI=1S/C16H14F2N4O/c1-11(22-20-10-19-21-22)16(23,12-2-6-14(17)7-3-12)13-4-8-15(18)9-5-13/h2-11,23H,1H3. The number of rotatable bonds is 4. The van der Waals surface area contributed by atoms with Crippen molar-refractivity contribution < 1.29 is 13.9 Å². The Morgan fingerprint density at radius 3 is 1.83 bits per heavy atom. The van der Waals surface area contributed by atoms with Gasteiger partial charge >= 0.3 is 0 Å². The summed E-state index contributed by atoms with van der Waals surface area (Å²) in [5.74, 6) is -0.830. The van der Waals surface area contributed by atoms with Crippen LogP contribution in [0.2, 0.25) is 0 Å². The first-order valence-corrected chi connectivity index (χ1v) is 6.98. The lowest BCUT2D eigenvalue weighted by Gasteiger charge is -2.34. The molecule has 0 spiro atoms. The van der Waals surface area contributed by atoms with E-state index in [1.165, 1.54) is 59.7 Å². The maximum Gasteiger partial charge on any atom is 0.162 e. The minimum Gasteiger partial charge on any atom is -0.378 e. The summed E-state index contributed by atoms with van der Waals surface area (Å²) in [7, 11) is 0. The molecule has 7 heteroatoms. The van der Waals surface area contributed by atoms with E-state index in [4.69, 9.17) is 0 Å². The third-order valence-corrected chi connectivity index (χ3v) is 3.88. The van der Waals surface area contributed by atoms with Gasteiger partial charge in [-0.2, -0.15) is 4.80 Å². The minimum absolute atomic E-state index is 0.415.